The van der Waals surface area contributed by atoms with Crippen LogP contribution in [0.2, 0.25) is 0 Å². The average Bonchev–Trinajstić information content (AvgIpc) is 3.04. The van der Waals surface area contributed by atoms with E-state index in [4.69, 9.17) is 0 Å². The van der Waals surface area contributed by atoms with Crippen molar-refractivity contribution in [3.63, 3.8) is 0 Å². The Morgan fingerprint density at radius 3 is 2.38 bits per heavy atom. The summed E-state index contributed by atoms with van der Waals surface area (Å²) >= 11 is 0. The van der Waals surface area contributed by atoms with Crippen LogP contribution >= 0.6 is 0 Å². The molecule has 0 aromatic heterocycles. The van der Waals surface area contributed by atoms with Crippen molar-refractivity contribution in [3.8, 4) is 0 Å². The minimum absolute atomic E-state index is 0.0263. The van der Waals surface area contributed by atoms with E-state index in [1.807, 2.05) is 12.1 Å². The molecule has 9 heteroatoms. The Kier molecular flexibility index (Phi) is 4.66. The molecule has 0 spiro atoms. The Balaban J connectivity index is 1.79. The molecule has 0 bridgehead atoms. The molecule has 2 aromatic rings. The van der Waals surface area contributed by atoms with Crippen LogP contribution in [0, 0.1) is 0 Å². The van der Waals surface area contributed by atoms with Gasteiger partial charge in [-0.15, -0.1) is 0 Å². The van der Waals surface area contributed by atoms with Crippen LogP contribution in [-0.4, -0.2) is 33.6 Å². The number of amides is 1. The van der Waals surface area contributed by atoms with Crippen molar-refractivity contribution in [2.75, 3.05) is 17.4 Å². The molecule has 0 saturated carbocycles. The third-order valence-electron chi connectivity index (χ3n) is 4.00. The number of para-hydroxylation sites is 1. The summed E-state index contributed by atoms with van der Waals surface area (Å²) in [6, 6.07) is 12.0. The topological polar surface area (TPSA) is 66.5 Å². The van der Waals surface area contributed by atoms with Gasteiger partial charge in [-0.3, -0.25) is 9.10 Å². The molecule has 1 amide bonds. The molecule has 3 rings (SSSR count). The molecule has 0 fully saturated rings. The van der Waals surface area contributed by atoms with Gasteiger partial charge in [0.25, 0.3) is 15.9 Å². The van der Waals surface area contributed by atoms with Gasteiger partial charge in [0.2, 0.25) is 0 Å². The summed E-state index contributed by atoms with van der Waals surface area (Å²) in [4.78, 5) is 11.7. The summed E-state index contributed by atoms with van der Waals surface area (Å²) in [7, 11) is -3.81. The lowest BCUT2D eigenvalue weighted by atomic mass is 10.2. The molecule has 0 aliphatic carbocycles. The molecule has 1 aliphatic rings. The van der Waals surface area contributed by atoms with Crippen molar-refractivity contribution in [1.29, 1.82) is 0 Å². The number of anilines is 1. The standard InChI is InChI=1S/C17H15F3N2O3S/c18-17(19,20)11-21-16(23)13-5-7-14(8-6-13)26(24,25)22-10-9-12-3-1-2-4-15(12)22/h1-8H,9-11H2,(H,21,23). The summed E-state index contributed by atoms with van der Waals surface area (Å²) in [5, 5.41) is 1.74. The molecule has 5 nitrogen and oxygen atoms in total. The zero-order valence-electron chi connectivity index (χ0n) is 13.5. The summed E-state index contributed by atoms with van der Waals surface area (Å²) in [6.45, 7) is -1.13. The SMILES string of the molecule is O=C(NCC(F)(F)F)c1ccc(S(=O)(=O)N2CCc3ccccc32)cc1. The fraction of sp³-hybridized carbons (Fsp3) is 0.235. The van der Waals surface area contributed by atoms with E-state index in [-0.39, 0.29) is 10.5 Å². The lowest BCUT2D eigenvalue weighted by Crippen LogP contribution is -2.33. The normalized spacial score (nSPS) is 14.2. The first-order valence-electron chi connectivity index (χ1n) is 7.74. The maximum atomic E-state index is 12.8. The second-order valence-corrected chi connectivity index (χ2v) is 7.64. The number of alkyl halides is 3. The summed E-state index contributed by atoms with van der Waals surface area (Å²) in [5.41, 5.74) is 1.49. The number of hydrogen-bond acceptors (Lipinski definition) is 3. The Hall–Kier alpha value is -2.55. The highest BCUT2D eigenvalue weighted by Gasteiger charge is 2.31. The fourth-order valence-electron chi connectivity index (χ4n) is 2.75. The van der Waals surface area contributed by atoms with E-state index in [0.717, 1.165) is 5.56 Å². The Morgan fingerprint density at radius 2 is 1.73 bits per heavy atom. The molecule has 0 saturated heterocycles. The van der Waals surface area contributed by atoms with Gasteiger partial charge in [-0.1, -0.05) is 18.2 Å². The first-order chi connectivity index (χ1) is 12.2. The maximum absolute atomic E-state index is 12.8. The second kappa shape index (κ2) is 6.64. The first kappa shape index (κ1) is 18.2. The van der Waals surface area contributed by atoms with Gasteiger partial charge in [-0.05, 0) is 42.3 Å². The molecular weight excluding hydrogens is 369 g/mol. The Labute approximate surface area is 148 Å². The molecule has 138 valence electrons. The van der Waals surface area contributed by atoms with E-state index in [1.54, 1.807) is 17.4 Å². The van der Waals surface area contributed by atoms with E-state index in [0.29, 0.717) is 18.7 Å². The number of rotatable bonds is 4. The maximum Gasteiger partial charge on any atom is 0.405 e. The largest absolute Gasteiger partial charge is 0.405 e. The monoisotopic (exact) mass is 384 g/mol. The molecular formula is C17H15F3N2O3S. The van der Waals surface area contributed by atoms with E-state index >= 15 is 0 Å². The van der Waals surface area contributed by atoms with Crippen LogP contribution in [0.1, 0.15) is 15.9 Å². The molecule has 2 aromatic carbocycles. The highest BCUT2D eigenvalue weighted by molar-refractivity contribution is 7.92. The predicted molar refractivity (Wildman–Crippen MR) is 89.5 cm³/mol. The van der Waals surface area contributed by atoms with Crippen LogP contribution in [0.5, 0.6) is 0 Å². The Bertz CT molecular complexity index is 925. The molecule has 26 heavy (non-hydrogen) atoms. The van der Waals surface area contributed by atoms with Crippen LogP contribution in [0.25, 0.3) is 0 Å². The predicted octanol–water partition coefficient (Wildman–Crippen LogP) is 2.73. The van der Waals surface area contributed by atoms with Gasteiger partial charge in [-0.2, -0.15) is 13.2 Å². The second-order valence-electron chi connectivity index (χ2n) is 5.78. The third kappa shape index (κ3) is 3.67. The van der Waals surface area contributed by atoms with Crippen LogP contribution in [-0.2, 0) is 16.4 Å². The van der Waals surface area contributed by atoms with Gasteiger partial charge in [0, 0.05) is 12.1 Å². The lowest BCUT2D eigenvalue weighted by molar-refractivity contribution is -0.123. The fourth-order valence-corrected chi connectivity index (χ4v) is 4.25. The summed E-state index contributed by atoms with van der Waals surface area (Å²) < 4.78 is 63.4. The summed E-state index contributed by atoms with van der Waals surface area (Å²) in [5.74, 6) is -0.919. The number of sulfonamides is 1. The quantitative estimate of drug-likeness (QED) is 0.882. The van der Waals surface area contributed by atoms with Crippen LogP contribution in [0.4, 0.5) is 18.9 Å². The number of carbonyl (C=O) groups is 1. The van der Waals surface area contributed by atoms with E-state index in [2.05, 4.69) is 0 Å². The van der Waals surface area contributed by atoms with E-state index in [9.17, 15) is 26.4 Å². The van der Waals surface area contributed by atoms with Crippen LogP contribution in [0.15, 0.2) is 53.4 Å². The Morgan fingerprint density at radius 1 is 1.08 bits per heavy atom. The minimum Gasteiger partial charge on any atom is -0.343 e. The van der Waals surface area contributed by atoms with Gasteiger partial charge in [0.15, 0.2) is 0 Å². The number of nitrogens with one attached hydrogen (secondary N) is 1. The van der Waals surface area contributed by atoms with Crippen LogP contribution < -0.4 is 9.62 Å². The summed E-state index contributed by atoms with van der Waals surface area (Å²) in [6.07, 6.45) is -3.91. The lowest BCUT2D eigenvalue weighted by Gasteiger charge is -2.19. The number of fused-ring (bicyclic) bond motifs is 1. The van der Waals surface area contributed by atoms with Crippen molar-refractivity contribution in [2.45, 2.75) is 17.5 Å². The minimum atomic E-state index is -4.51. The van der Waals surface area contributed by atoms with Crippen molar-refractivity contribution >= 4 is 21.6 Å². The van der Waals surface area contributed by atoms with E-state index in [1.165, 1.54) is 28.6 Å². The van der Waals surface area contributed by atoms with Crippen molar-refractivity contribution in [2.24, 2.45) is 0 Å². The third-order valence-corrected chi connectivity index (χ3v) is 5.83. The molecule has 1 N–H and O–H groups in total. The zero-order valence-corrected chi connectivity index (χ0v) is 14.3. The smallest absolute Gasteiger partial charge is 0.343 e. The average molecular weight is 384 g/mol. The highest BCUT2D eigenvalue weighted by Crippen LogP contribution is 2.32. The number of benzene rings is 2. The molecule has 1 aliphatic heterocycles. The first-order valence-corrected chi connectivity index (χ1v) is 9.18. The van der Waals surface area contributed by atoms with Crippen molar-refractivity contribution in [1.82, 2.24) is 5.32 Å². The van der Waals surface area contributed by atoms with Gasteiger partial charge >= 0.3 is 6.18 Å². The highest BCUT2D eigenvalue weighted by atomic mass is 32.2. The van der Waals surface area contributed by atoms with Gasteiger partial charge in [0.05, 0.1) is 10.6 Å². The zero-order chi connectivity index (χ0) is 18.9. The number of hydrogen-bond donors (Lipinski definition) is 1. The van der Waals surface area contributed by atoms with Crippen molar-refractivity contribution < 1.29 is 26.4 Å². The molecule has 0 radical (unpaired) electrons. The van der Waals surface area contributed by atoms with Crippen molar-refractivity contribution in [3.05, 3.63) is 59.7 Å². The number of nitrogens with zero attached hydrogens (tertiary/aromatic N) is 1. The molecule has 1 heterocycles. The number of halogens is 3. The van der Waals surface area contributed by atoms with Gasteiger partial charge < -0.3 is 5.32 Å². The van der Waals surface area contributed by atoms with E-state index < -0.39 is 28.7 Å². The molecule has 0 unspecified atom stereocenters. The molecule has 0 atom stereocenters. The number of carbonyl (C=O) groups excluding carboxylic acids is 1. The van der Waals surface area contributed by atoms with Crippen LogP contribution in [0.3, 0.4) is 0 Å². The van der Waals surface area contributed by atoms with Gasteiger partial charge in [0.1, 0.15) is 6.54 Å². The van der Waals surface area contributed by atoms with Gasteiger partial charge in [-0.25, -0.2) is 8.42 Å².